The Labute approximate surface area is 219 Å². The minimum Gasteiger partial charge on any atom is -0.497 e. The molecule has 2 aromatic rings. The van der Waals surface area contributed by atoms with Gasteiger partial charge in [0.2, 0.25) is 21.8 Å². The van der Waals surface area contributed by atoms with Crippen LogP contribution in [0.15, 0.2) is 42.5 Å². The third kappa shape index (κ3) is 8.13. The van der Waals surface area contributed by atoms with Gasteiger partial charge in [0.25, 0.3) is 0 Å². The number of halogens is 1. The van der Waals surface area contributed by atoms with Gasteiger partial charge in [0, 0.05) is 31.1 Å². The summed E-state index contributed by atoms with van der Waals surface area (Å²) in [6.45, 7) is 6.29. The SMILES string of the molecule is CCNC(=O)C(CC)N(Cc1cccc(OC)c1)C(=O)CCCN(c1cc(Cl)ccc1C)S(C)(=O)=O. The molecule has 0 fully saturated rings. The standard InChI is InChI=1S/C26H36ClN3O5S/c1-6-23(26(32)28-7-2)29(18-20-10-8-11-22(16-20)35-4)25(31)12-9-15-30(36(5,33)34)24-17-21(27)14-13-19(24)3/h8,10-11,13-14,16-17,23H,6-7,9,12,15,18H2,1-5H3,(H,28,32). The molecule has 8 nitrogen and oxygen atoms in total. The van der Waals surface area contributed by atoms with Crippen LogP contribution in [0.4, 0.5) is 5.69 Å². The van der Waals surface area contributed by atoms with E-state index in [0.29, 0.717) is 29.4 Å². The monoisotopic (exact) mass is 537 g/mol. The first-order valence-electron chi connectivity index (χ1n) is 12.0. The first-order chi connectivity index (χ1) is 17.0. The molecule has 0 saturated heterocycles. The van der Waals surface area contributed by atoms with Crippen LogP contribution in [0.2, 0.25) is 5.02 Å². The van der Waals surface area contributed by atoms with Gasteiger partial charge in [-0.05, 0) is 62.1 Å². The largest absolute Gasteiger partial charge is 0.497 e. The summed E-state index contributed by atoms with van der Waals surface area (Å²) in [4.78, 5) is 27.8. The summed E-state index contributed by atoms with van der Waals surface area (Å²) in [5, 5.41) is 3.24. The lowest BCUT2D eigenvalue weighted by Crippen LogP contribution is -2.49. The van der Waals surface area contributed by atoms with E-state index >= 15 is 0 Å². The first kappa shape index (κ1) is 29.5. The predicted molar refractivity (Wildman–Crippen MR) is 144 cm³/mol. The zero-order chi connectivity index (χ0) is 26.9. The molecular weight excluding hydrogens is 502 g/mol. The third-order valence-corrected chi connectivity index (χ3v) is 7.23. The van der Waals surface area contributed by atoms with E-state index in [4.69, 9.17) is 16.3 Å². The predicted octanol–water partition coefficient (Wildman–Crippen LogP) is 4.15. The number of benzene rings is 2. The number of carbonyl (C=O) groups excluding carboxylic acids is 2. The fraction of sp³-hybridized carbons (Fsp3) is 0.462. The molecule has 2 aromatic carbocycles. The van der Waals surface area contributed by atoms with Crippen molar-refractivity contribution in [3.63, 3.8) is 0 Å². The van der Waals surface area contributed by atoms with Crippen molar-refractivity contribution in [1.29, 1.82) is 0 Å². The lowest BCUT2D eigenvalue weighted by Gasteiger charge is -2.31. The molecule has 1 unspecified atom stereocenters. The molecule has 36 heavy (non-hydrogen) atoms. The van der Waals surface area contributed by atoms with Gasteiger partial charge in [-0.25, -0.2) is 8.42 Å². The summed E-state index contributed by atoms with van der Waals surface area (Å²) in [5.41, 5.74) is 2.08. The van der Waals surface area contributed by atoms with E-state index in [1.165, 1.54) is 4.31 Å². The Morgan fingerprint density at radius 3 is 2.47 bits per heavy atom. The smallest absolute Gasteiger partial charge is 0.242 e. The van der Waals surface area contributed by atoms with Crippen LogP contribution in [0.1, 0.15) is 44.2 Å². The van der Waals surface area contributed by atoms with Crippen molar-refractivity contribution in [3.05, 3.63) is 58.6 Å². The van der Waals surface area contributed by atoms with Crippen LogP contribution in [0.3, 0.4) is 0 Å². The summed E-state index contributed by atoms with van der Waals surface area (Å²) >= 11 is 6.11. The van der Waals surface area contributed by atoms with Gasteiger partial charge in [0.15, 0.2) is 0 Å². The van der Waals surface area contributed by atoms with Gasteiger partial charge >= 0.3 is 0 Å². The normalized spacial score (nSPS) is 12.1. The minimum atomic E-state index is -3.60. The van der Waals surface area contributed by atoms with Crippen molar-refractivity contribution in [3.8, 4) is 5.75 Å². The van der Waals surface area contributed by atoms with Crippen molar-refractivity contribution in [2.24, 2.45) is 0 Å². The number of carbonyl (C=O) groups is 2. The Morgan fingerprint density at radius 2 is 1.86 bits per heavy atom. The number of likely N-dealkylation sites (N-methyl/N-ethyl adjacent to an activating group) is 1. The number of hydrogen-bond donors (Lipinski definition) is 1. The van der Waals surface area contributed by atoms with Crippen LogP contribution in [-0.4, -0.2) is 57.6 Å². The molecule has 2 rings (SSSR count). The molecule has 0 saturated carbocycles. The highest BCUT2D eigenvalue weighted by Crippen LogP contribution is 2.27. The van der Waals surface area contributed by atoms with Crippen molar-refractivity contribution in [2.75, 3.05) is 30.8 Å². The Hall–Kier alpha value is -2.78. The van der Waals surface area contributed by atoms with Crippen LogP contribution in [-0.2, 0) is 26.2 Å². The van der Waals surface area contributed by atoms with E-state index in [9.17, 15) is 18.0 Å². The van der Waals surface area contributed by atoms with Gasteiger partial charge in [0.05, 0.1) is 19.1 Å². The molecule has 0 bridgehead atoms. The number of anilines is 1. The van der Waals surface area contributed by atoms with E-state index in [-0.39, 0.29) is 37.7 Å². The summed E-state index contributed by atoms with van der Waals surface area (Å²) in [6.07, 6.45) is 1.93. The Balaban J connectivity index is 2.25. The third-order valence-electron chi connectivity index (χ3n) is 5.82. The fourth-order valence-corrected chi connectivity index (χ4v) is 5.19. The summed E-state index contributed by atoms with van der Waals surface area (Å²) in [5.74, 6) is 0.211. The number of rotatable bonds is 13. The number of ether oxygens (including phenoxy) is 1. The van der Waals surface area contributed by atoms with E-state index in [2.05, 4.69) is 5.32 Å². The second-order valence-corrected chi connectivity index (χ2v) is 10.9. The molecule has 0 aromatic heterocycles. The number of aryl methyl sites for hydroxylation is 1. The molecule has 0 heterocycles. The lowest BCUT2D eigenvalue weighted by atomic mass is 10.1. The molecule has 0 spiro atoms. The number of methoxy groups -OCH3 is 1. The van der Waals surface area contributed by atoms with Gasteiger partial charge < -0.3 is 15.0 Å². The fourth-order valence-electron chi connectivity index (χ4n) is 4.01. The Bertz CT molecular complexity index is 1160. The average molecular weight is 538 g/mol. The van der Waals surface area contributed by atoms with Gasteiger partial charge in [-0.1, -0.05) is 36.7 Å². The van der Waals surface area contributed by atoms with Crippen molar-refractivity contribution >= 4 is 39.1 Å². The highest BCUT2D eigenvalue weighted by Gasteiger charge is 2.29. The molecule has 10 heteroatoms. The first-order valence-corrected chi connectivity index (χ1v) is 14.2. The highest BCUT2D eigenvalue weighted by molar-refractivity contribution is 7.92. The molecule has 198 valence electrons. The molecule has 0 aliphatic rings. The van der Waals surface area contributed by atoms with Crippen molar-refractivity contribution in [1.82, 2.24) is 10.2 Å². The molecule has 0 radical (unpaired) electrons. The van der Waals surface area contributed by atoms with Crippen LogP contribution in [0.5, 0.6) is 5.75 Å². The zero-order valence-electron chi connectivity index (χ0n) is 21.6. The highest BCUT2D eigenvalue weighted by atomic mass is 35.5. The molecule has 1 atom stereocenters. The summed E-state index contributed by atoms with van der Waals surface area (Å²) in [7, 11) is -2.03. The van der Waals surface area contributed by atoms with Crippen LogP contribution >= 0.6 is 11.6 Å². The molecular formula is C26H36ClN3O5S. The van der Waals surface area contributed by atoms with Gasteiger partial charge in [-0.3, -0.25) is 13.9 Å². The second kappa shape index (κ2) is 13.5. The maximum Gasteiger partial charge on any atom is 0.242 e. The van der Waals surface area contributed by atoms with E-state index in [1.54, 1.807) is 30.2 Å². The minimum absolute atomic E-state index is 0.0749. The van der Waals surface area contributed by atoms with E-state index < -0.39 is 16.1 Å². The quantitative estimate of drug-likeness (QED) is 0.414. The summed E-state index contributed by atoms with van der Waals surface area (Å²) in [6, 6.07) is 11.8. The molecule has 1 N–H and O–H groups in total. The van der Waals surface area contributed by atoms with Gasteiger partial charge in [-0.15, -0.1) is 0 Å². The molecule has 0 aliphatic heterocycles. The number of nitrogens with one attached hydrogen (secondary N) is 1. The van der Waals surface area contributed by atoms with Gasteiger partial charge in [-0.2, -0.15) is 0 Å². The summed E-state index contributed by atoms with van der Waals surface area (Å²) < 4.78 is 31.7. The van der Waals surface area contributed by atoms with Crippen LogP contribution < -0.4 is 14.4 Å². The van der Waals surface area contributed by atoms with Crippen molar-refractivity contribution < 1.29 is 22.7 Å². The maximum atomic E-state index is 13.4. The zero-order valence-corrected chi connectivity index (χ0v) is 23.2. The maximum absolute atomic E-state index is 13.4. The van der Waals surface area contributed by atoms with E-state index in [1.807, 2.05) is 45.0 Å². The topological polar surface area (TPSA) is 96.0 Å². The molecule has 2 amide bonds. The Morgan fingerprint density at radius 1 is 1.14 bits per heavy atom. The van der Waals surface area contributed by atoms with Crippen molar-refractivity contribution in [2.45, 2.75) is 52.6 Å². The molecule has 0 aliphatic carbocycles. The lowest BCUT2D eigenvalue weighted by molar-refractivity contribution is -0.141. The number of amides is 2. The number of sulfonamides is 1. The number of hydrogen-bond acceptors (Lipinski definition) is 5. The Kier molecular flexibility index (Phi) is 11.0. The van der Waals surface area contributed by atoms with E-state index in [0.717, 1.165) is 17.4 Å². The number of nitrogens with zero attached hydrogens (tertiary/aromatic N) is 2. The van der Waals surface area contributed by atoms with Gasteiger partial charge in [0.1, 0.15) is 11.8 Å². The van der Waals surface area contributed by atoms with Crippen LogP contribution in [0, 0.1) is 6.92 Å². The van der Waals surface area contributed by atoms with Crippen LogP contribution in [0.25, 0.3) is 0 Å². The second-order valence-electron chi connectivity index (χ2n) is 8.56. The average Bonchev–Trinajstić information content (AvgIpc) is 2.83.